The fourth-order valence-corrected chi connectivity index (χ4v) is 2.79. The third-order valence-corrected chi connectivity index (χ3v) is 4.16. The van der Waals surface area contributed by atoms with Gasteiger partial charge in [0.15, 0.2) is 17.3 Å². The van der Waals surface area contributed by atoms with E-state index in [4.69, 9.17) is 5.73 Å². The number of nitrogens with zero attached hydrogens (tertiary/aromatic N) is 4. The first-order valence-corrected chi connectivity index (χ1v) is 8.12. The molecule has 0 fully saturated rings. The van der Waals surface area contributed by atoms with Crippen LogP contribution in [0.2, 0.25) is 0 Å². The second-order valence-corrected chi connectivity index (χ2v) is 6.04. The Bertz CT molecular complexity index is 1090. The Morgan fingerprint density at radius 1 is 0.926 bits per heavy atom. The van der Waals surface area contributed by atoms with Crippen LogP contribution in [0.4, 0.5) is 19.0 Å². The number of nitrogen functional groups attached to an aromatic ring is 1. The van der Waals surface area contributed by atoms with E-state index in [-0.39, 0.29) is 5.82 Å². The van der Waals surface area contributed by atoms with Gasteiger partial charge in [-0.15, -0.1) is 0 Å². The lowest BCUT2D eigenvalue weighted by Crippen LogP contribution is -2.06. The molecule has 27 heavy (non-hydrogen) atoms. The minimum Gasteiger partial charge on any atom is -0.382 e. The first kappa shape index (κ1) is 17.0. The molecule has 5 nitrogen and oxygen atoms in total. The van der Waals surface area contributed by atoms with Crippen molar-refractivity contribution in [3.8, 4) is 11.4 Å². The predicted octanol–water partition coefficient (Wildman–Crippen LogP) is 4.14. The molecule has 0 saturated carbocycles. The highest BCUT2D eigenvalue weighted by Crippen LogP contribution is 2.29. The van der Waals surface area contributed by atoms with Gasteiger partial charge in [0, 0.05) is 5.56 Å². The number of halogens is 3. The average molecular weight is 369 g/mol. The van der Waals surface area contributed by atoms with E-state index in [2.05, 4.69) is 15.0 Å². The number of alkyl halides is 3. The van der Waals surface area contributed by atoms with E-state index in [1.54, 1.807) is 10.9 Å². The molecule has 0 bridgehead atoms. The fraction of sp³-hybridized carbons (Fsp3) is 0.105. The first-order chi connectivity index (χ1) is 12.9. The zero-order valence-corrected chi connectivity index (χ0v) is 14.0. The summed E-state index contributed by atoms with van der Waals surface area (Å²) >= 11 is 0. The van der Waals surface area contributed by atoms with Crippen LogP contribution in [0.3, 0.4) is 0 Å². The van der Waals surface area contributed by atoms with Crippen LogP contribution < -0.4 is 5.73 Å². The van der Waals surface area contributed by atoms with Gasteiger partial charge >= 0.3 is 6.18 Å². The molecule has 0 spiro atoms. The molecule has 136 valence electrons. The van der Waals surface area contributed by atoms with Gasteiger partial charge in [0.05, 0.1) is 18.4 Å². The number of imidazole rings is 1. The number of fused-ring (bicyclic) bond motifs is 1. The smallest absolute Gasteiger partial charge is 0.382 e. The van der Waals surface area contributed by atoms with Crippen LogP contribution in [0.15, 0.2) is 60.9 Å². The molecular formula is C19H14F3N5. The van der Waals surface area contributed by atoms with Crippen LogP contribution >= 0.6 is 0 Å². The summed E-state index contributed by atoms with van der Waals surface area (Å²) in [6, 6.07) is 14.4. The SMILES string of the molecule is Nc1nc(-c2ccccc2)nc2c1ncn2Cc1ccc(C(F)(F)F)cc1. The minimum absolute atomic E-state index is 0.255. The standard InChI is InChI=1S/C19H14F3N5/c20-19(21,22)14-8-6-12(7-9-14)10-27-11-24-15-16(23)25-17(26-18(15)27)13-4-2-1-3-5-13/h1-9,11H,10H2,(H2,23,25,26). The molecule has 4 rings (SSSR count). The summed E-state index contributed by atoms with van der Waals surface area (Å²) in [7, 11) is 0. The zero-order valence-electron chi connectivity index (χ0n) is 14.0. The van der Waals surface area contributed by atoms with Gasteiger partial charge in [-0.05, 0) is 17.7 Å². The summed E-state index contributed by atoms with van der Waals surface area (Å²) in [5.41, 5.74) is 7.83. The van der Waals surface area contributed by atoms with Gasteiger partial charge in [0.2, 0.25) is 0 Å². The van der Waals surface area contributed by atoms with Crippen molar-refractivity contribution in [2.24, 2.45) is 0 Å². The molecular weight excluding hydrogens is 355 g/mol. The van der Waals surface area contributed by atoms with Gasteiger partial charge in [-0.2, -0.15) is 13.2 Å². The Morgan fingerprint density at radius 2 is 1.63 bits per heavy atom. The number of nitrogens with two attached hydrogens (primary N) is 1. The van der Waals surface area contributed by atoms with Crippen LogP contribution in [0.5, 0.6) is 0 Å². The van der Waals surface area contributed by atoms with Crippen molar-refractivity contribution in [3.05, 3.63) is 72.1 Å². The highest BCUT2D eigenvalue weighted by Gasteiger charge is 2.29. The second-order valence-electron chi connectivity index (χ2n) is 6.04. The normalized spacial score (nSPS) is 11.8. The molecule has 0 unspecified atom stereocenters. The van der Waals surface area contributed by atoms with Gasteiger partial charge < -0.3 is 10.3 Å². The molecule has 0 amide bonds. The van der Waals surface area contributed by atoms with E-state index in [1.807, 2.05) is 30.3 Å². The second kappa shape index (κ2) is 6.39. The van der Waals surface area contributed by atoms with Gasteiger partial charge in [-0.25, -0.2) is 15.0 Å². The van der Waals surface area contributed by atoms with E-state index in [0.717, 1.165) is 17.7 Å². The molecule has 2 N–H and O–H groups in total. The Labute approximate surface area is 152 Å². The van der Waals surface area contributed by atoms with Crippen molar-refractivity contribution in [2.45, 2.75) is 12.7 Å². The van der Waals surface area contributed by atoms with E-state index >= 15 is 0 Å². The van der Waals surface area contributed by atoms with Crippen LogP contribution in [0, 0.1) is 0 Å². The number of aromatic nitrogens is 4. The lowest BCUT2D eigenvalue weighted by Gasteiger charge is -2.09. The third kappa shape index (κ3) is 3.33. The summed E-state index contributed by atoms with van der Waals surface area (Å²) in [5.74, 6) is 0.722. The third-order valence-electron chi connectivity index (χ3n) is 4.16. The number of rotatable bonds is 3. The summed E-state index contributed by atoms with van der Waals surface area (Å²) < 4.78 is 39.9. The number of hydrogen-bond donors (Lipinski definition) is 1. The topological polar surface area (TPSA) is 69.6 Å². The molecule has 0 aliphatic carbocycles. The molecule has 0 radical (unpaired) electrons. The van der Waals surface area contributed by atoms with Gasteiger partial charge in [-0.1, -0.05) is 42.5 Å². The van der Waals surface area contributed by atoms with Crippen LogP contribution in [-0.4, -0.2) is 19.5 Å². The van der Waals surface area contributed by atoms with Crippen LogP contribution in [0.25, 0.3) is 22.6 Å². The van der Waals surface area contributed by atoms with Crippen molar-refractivity contribution in [1.29, 1.82) is 0 Å². The number of anilines is 1. The average Bonchev–Trinajstić information content (AvgIpc) is 3.05. The molecule has 0 aliphatic rings. The van der Waals surface area contributed by atoms with Crippen molar-refractivity contribution in [2.75, 3.05) is 5.73 Å². The lowest BCUT2D eigenvalue weighted by molar-refractivity contribution is -0.137. The molecule has 2 aromatic carbocycles. The first-order valence-electron chi connectivity index (χ1n) is 8.12. The predicted molar refractivity (Wildman–Crippen MR) is 95.7 cm³/mol. The Kier molecular flexibility index (Phi) is 4.02. The van der Waals surface area contributed by atoms with E-state index < -0.39 is 11.7 Å². The molecule has 0 aliphatic heterocycles. The monoisotopic (exact) mass is 369 g/mol. The van der Waals surface area contributed by atoms with Crippen molar-refractivity contribution < 1.29 is 13.2 Å². The maximum absolute atomic E-state index is 12.7. The quantitative estimate of drug-likeness (QED) is 0.589. The lowest BCUT2D eigenvalue weighted by atomic mass is 10.1. The highest BCUT2D eigenvalue weighted by molar-refractivity contribution is 5.83. The van der Waals surface area contributed by atoms with Gasteiger partial charge in [-0.3, -0.25) is 0 Å². The number of benzene rings is 2. The summed E-state index contributed by atoms with van der Waals surface area (Å²) in [5, 5.41) is 0. The largest absolute Gasteiger partial charge is 0.416 e. The van der Waals surface area contributed by atoms with E-state index in [1.165, 1.54) is 12.1 Å². The van der Waals surface area contributed by atoms with Gasteiger partial charge in [0.25, 0.3) is 0 Å². The van der Waals surface area contributed by atoms with E-state index in [9.17, 15) is 13.2 Å². The maximum Gasteiger partial charge on any atom is 0.416 e. The van der Waals surface area contributed by atoms with Crippen molar-refractivity contribution >= 4 is 17.0 Å². The minimum atomic E-state index is -4.35. The molecule has 2 heterocycles. The Balaban J connectivity index is 1.71. The van der Waals surface area contributed by atoms with Gasteiger partial charge in [0.1, 0.15) is 5.52 Å². The Hall–Kier alpha value is -3.42. The Morgan fingerprint density at radius 3 is 2.30 bits per heavy atom. The molecule has 2 aromatic heterocycles. The van der Waals surface area contributed by atoms with Crippen LogP contribution in [0.1, 0.15) is 11.1 Å². The summed E-state index contributed by atoms with van der Waals surface area (Å²) in [6.45, 7) is 0.319. The zero-order chi connectivity index (χ0) is 19.0. The molecule has 8 heteroatoms. The van der Waals surface area contributed by atoms with Crippen LogP contribution in [-0.2, 0) is 12.7 Å². The summed E-state index contributed by atoms with van der Waals surface area (Å²) in [6.07, 6.45) is -2.80. The maximum atomic E-state index is 12.7. The van der Waals surface area contributed by atoms with Crippen molar-refractivity contribution in [3.63, 3.8) is 0 Å². The molecule has 0 saturated heterocycles. The fourth-order valence-electron chi connectivity index (χ4n) is 2.79. The molecule has 0 atom stereocenters. The highest BCUT2D eigenvalue weighted by atomic mass is 19.4. The summed E-state index contributed by atoms with van der Waals surface area (Å²) in [4.78, 5) is 13.1. The molecule has 4 aromatic rings. The number of hydrogen-bond acceptors (Lipinski definition) is 4. The van der Waals surface area contributed by atoms with E-state index in [0.29, 0.717) is 29.1 Å². The van der Waals surface area contributed by atoms with Crippen molar-refractivity contribution in [1.82, 2.24) is 19.5 Å².